The number of amides is 1. The number of aromatic nitrogens is 1. The summed E-state index contributed by atoms with van der Waals surface area (Å²) in [5, 5.41) is 20.3. The Bertz CT molecular complexity index is 1240. The largest absolute Gasteiger partial charge is 0.481 e. The molecule has 1 aliphatic carbocycles. The van der Waals surface area contributed by atoms with Crippen LogP contribution in [0.25, 0.3) is 0 Å². The van der Waals surface area contributed by atoms with E-state index in [0.29, 0.717) is 37.4 Å². The number of benzene rings is 1. The molecule has 0 unspecified atom stereocenters. The fourth-order valence-corrected chi connectivity index (χ4v) is 4.73. The van der Waals surface area contributed by atoms with Crippen LogP contribution < -0.4 is 11.1 Å². The van der Waals surface area contributed by atoms with Crippen molar-refractivity contribution < 1.29 is 28.3 Å². The Morgan fingerprint density at radius 2 is 1.84 bits per heavy atom. The van der Waals surface area contributed by atoms with E-state index in [1.165, 1.54) is 12.3 Å². The molecule has 1 aromatic carbocycles. The van der Waals surface area contributed by atoms with Gasteiger partial charge in [0.05, 0.1) is 28.6 Å². The Kier molecular flexibility index (Phi) is 9.51. The van der Waals surface area contributed by atoms with Crippen molar-refractivity contribution in [1.82, 2.24) is 15.2 Å². The summed E-state index contributed by atoms with van der Waals surface area (Å²) < 4.78 is 27.7. The van der Waals surface area contributed by atoms with Crippen molar-refractivity contribution in [1.29, 1.82) is 5.41 Å². The number of anilines is 1. The lowest BCUT2D eigenvalue weighted by atomic mass is 9.86. The molecule has 0 atom stereocenters. The molecule has 3 rings (SSSR count). The van der Waals surface area contributed by atoms with Gasteiger partial charge >= 0.3 is 5.97 Å². The summed E-state index contributed by atoms with van der Waals surface area (Å²) in [4.78, 5) is 42.8. The number of carbonyl (C=O) groups excluding carboxylic acids is 2. The quantitative estimate of drug-likeness (QED) is 0.200. The first-order valence-electron chi connectivity index (χ1n) is 11.9. The lowest BCUT2D eigenvalue weighted by Gasteiger charge is -2.29. The zero-order chi connectivity index (χ0) is 28.0. The van der Waals surface area contributed by atoms with Crippen LogP contribution in [0.5, 0.6) is 0 Å². The van der Waals surface area contributed by atoms with Crippen LogP contribution in [0.1, 0.15) is 48.5 Å². The smallest absolute Gasteiger partial charge is 0.306 e. The molecule has 0 spiro atoms. The molecule has 9 nitrogen and oxygen atoms in total. The number of carboxylic acids is 1. The molecular formula is C26H28ClF2N5O4. The summed E-state index contributed by atoms with van der Waals surface area (Å²) in [5.41, 5.74) is 6.10. The van der Waals surface area contributed by atoms with Gasteiger partial charge in [-0.1, -0.05) is 11.6 Å². The zero-order valence-corrected chi connectivity index (χ0v) is 21.4. The first kappa shape index (κ1) is 28.7. The second kappa shape index (κ2) is 12.6. The minimum absolute atomic E-state index is 0.0318. The fourth-order valence-electron chi connectivity index (χ4n) is 4.47. The molecule has 38 heavy (non-hydrogen) atoms. The van der Waals surface area contributed by atoms with E-state index < -0.39 is 41.8 Å². The van der Waals surface area contributed by atoms with Crippen molar-refractivity contribution in [3.63, 3.8) is 0 Å². The van der Waals surface area contributed by atoms with E-state index in [2.05, 4.69) is 10.3 Å². The maximum absolute atomic E-state index is 13.9. The first-order valence-corrected chi connectivity index (χ1v) is 12.3. The summed E-state index contributed by atoms with van der Waals surface area (Å²) in [6.45, 7) is 0.700. The number of rotatable bonds is 10. The van der Waals surface area contributed by atoms with Gasteiger partial charge in [0.15, 0.2) is 5.78 Å². The molecule has 1 amide bonds. The number of nitrogen functional groups attached to an aromatic ring is 1. The Morgan fingerprint density at radius 1 is 1.21 bits per heavy atom. The number of nitrogens with zero attached hydrogens (tertiary/aromatic N) is 2. The van der Waals surface area contributed by atoms with Crippen LogP contribution in [-0.2, 0) is 16.1 Å². The van der Waals surface area contributed by atoms with E-state index in [0.717, 1.165) is 23.2 Å². The molecule has 5 N–H and O–H groups in total. The summed E-state index contributed by atoms with van der Waals surface area (Å²) in [7, 11) is 0. The van der Waals surface area contributed by atoms with Gasteiger partial charge in [-0.25, -0.2) is 13.8 Å². The topological polar surface area (TPSA) is 149 Å². The minimum Gasteiger partial charge on any atom is -0.481 e. The van der Waals surface area contributed by atoms with E-state index in [9.17, 15) is 28.3 Å². The third-order valence-electron chi connectivity index (χ3n) is 6.40. The number of aliphatic carboxylic acids is 1. The summed E-state index contributed by atoms with van der Waals surface area (Å²) in [6, 6.07) is 4.04. The molecule has 0 saturated heterocycles. The minimum atomic E-state index is -0.851. The number of pyridine rings is 1. The SMILES string of the molecule is C/C(N[C@H]1CC[C@H](C(=O)O)CC1)=C(/C=N)C(=O)N(CC(=O)c1c(Cl)ccnc1N)Cc1cc(F)cc(F)c1. The number of hydrogen-bond donors (Lipinski definition) is 4. The number of carboxylic acid groups (broad SMARTS) is 1. The summed E-state index contributed by atoms with van der Waals surface area (Å²) >= 11 is 6.13. The van der Waals surface area contributed by atoms with Gasteiger partial charge in [0.25, 0.3) is 5.91 Å². The molecule has 202 valence electrons. The molecule has 1 aromatic heterocycles. The normalized spacial score (nSPS) is 17.8. The van der Waals surface area contributed by atoms with Gasteiger partial charge < -0.3 is 26.5 Å². The average Bonchev–Trinajstić information content (AvgIpc) is 2.83. The molecule has 2 aromatic rings. The molecule has 1 aliphatic rings. The Morgan fingerprint density at radius 3 is 2.39 bits per heavy atom. The molecule has 12 heteroatoms. The van der Waals surface area contributed by atoms with Gasteiger partial charge in [0, 0.05) is 36.8 Å². The second-order valence-electron chi connectivity index (χ2n) is 9.13. The van der Waals surface area contributed by atoms with Gasteiger partial charge in [-0.05, 0) is 56.4 Å². The predicted molar refractivity (Wildman–Crippen MR) is 138 cm³/mol. The molecule has 1 fully saturated rings. The average molecular weight is 548 g/mol. The number of carbonyl (C=O) groups is 3. The molecule has 1 heterocycles. The number of halogens is 3. The van der Waals surface area contributed by atoms with Crippen LogP contribution >= 0.6 is 11.6 Å². The van der Waals surface area contributed by atoms with Crippen LogP contribution in [0, 0.1) is 23.0 Å². The Labute approximate surface area is 223 Å². The van der Waals surface area contributed by atoms with E-state index in [4.69, 9.17) is 22.7 Å². The molecule has 0 bridgehead atoms. The van der Waals surface area contributed by atoms with Crippen molar-refractivity contribution in [2.24, 2.45) is 5.92 Å². The van der Waals surface area contributed by atoms with Gasteiger partial charge in [-0.2, -0.15) is 0 Å². The van der Waals surface area contributed by atoms with Gasteiger partial charge in [0.1, 0.15) is 17.5 Å². The predicted octanol–water partition coefficient (Wildman–Crippen LogP) is 3.96. The lowest BCUT2D eigenvalue weighted by molar-refractivity contribution is -0.142. The molecule has 0 radical (unpaired) electrons. The second-order valence-corrected chi connectivity index (χ2v) is 9.54. The van der Waals surface area contributed by atoms with Crippen LogP contribution in [0.4, 0.5) is 14.6 Å². The van der Waals surface area contributed by atoms with Crippen LogP contribution in [-0.4, -0.2) is 51.5 Å². The van der Waals surface area contributed by atoms with Crippen molar-refractivity contribution in [2.45, 2.75) is 45.2 Å². The zero-order valence-electron chi connectivity index (χ0n) is 20.6. The van der Waals surface area contributed by atoms with Crippen LogP contribution in [0.3, 0.4) is 0 Å². The van der Waals surface area contributed by atoms with Gasteiger partial charge in [-0.3, -0.25) is 14.4 Å². The number of Topliss-reactive ketones (excluding diaryl/α,β-unsaturated/α-hetero) is 1. The van der Waals surface area contributed by atoms with Gasteiger partial charge in [0.2, 0.25) is 0 Å². The monoisotopic (exact) mass is 547 g/mol. The van der Waals surface area contributed by atoms with E-state index >= 15 is 0 Å². The van der Waals surface area contributed by atoms with E-state index in [-0.39, 0.29) is 40.1 Å². The van der Waals surface area contributed by atoms with E-state index in [1.54, 1.807) is 6.92 Å². The Balaban J connectivity index is 1.89. The molecular weight excluding hydrogens is 520 g/mol. The summed E-state index contributed by atoms with van der Waals surface area (Å²) in [6.07, 6.45) is 4.25. The lowest BCUT2D eigenvalue weighted by Crippen LogP contribution is -2.39. The highest BCUT2D eigenvalue weighted by atomic mass is 35.5. The molecule has 1 saturated carbocycles. The third-order valence-corrected chi connectivity index (χ3v) is 6.72. The van der Waals surface area contributed by atoms with Crippen molar-refractivity contribution in [3.05, 3.63) is 69.5 Å². The molecule has 0 aliphatic heterocycles. The van der Waals surface area contributed by atoms with Crippen molar-refractivity contribution in [3.8, 4) is 0 Å². The number of hydrogen-bond acceptors (Lipinski definition) is 7. The van der Waals surface area contributed by atoms with Crippen molar-refractivity contribution >= 4 is 41.3 Å². The summed E-state index contributed by atoms with van der Waals surface area (Å²) in [5.74, 6) is -4.47. The van der Waals surface area contributed by atoms with Gasteiger partial charge in [-0.15, -0.1) is 0 Å². The third kappa shape index (κ3) is 7.12. The number of ketones is 1. The highest BCUT2D eigenvalue weighted by Gasteiger charge is 2.28. The Hall–Kier alpha value is -3.86. The van der Waals surface area contributed by atoms with Crippen LogP contribution in [0.15, 0.2) is 41.7 Å². The number of nitrogens with one attached hydrogen (secondary N) is 2. The fraction of sp³-hybridized carbons (Fsp3) is 0.346. The van der Waals surface area contributed by atoms with E-state index in [1.807, 2.05) is 0 Å². The maximum atomic E-state index is 13.9. The maximum Gasteiger partial charge on any atom is 0.306 e. The van der Waals surface area contributed by atoms with Crippen LogP contribution in [0.2, 0.25) is 5.02 Å². The highest BCUT2D eigenvalue weighted by molar-refractivity contribution is 6.34. The highest BCUT2D eigenvalue weighted by Crippen LogP contribution is 2.26. The van der Waals surface area contributed by atoms with Crippen molar-refractivity contribution in [2.75, 3.05) is 12.3 Å². The first-order chi connectivity index (χ1) is 18.0. The number of allylic oxidation sites excluding steroid dienone is 1. The number of nitrogens with two attached hydrogens (primary N) is 1. The standard InChI is InChI=1S/C26H28ClF2N5O4/c1-14(33-19-4-2-16(3-5-19)26(37)38)20(11-30)25(36)34(12-15-8-17(28)10-18(29)9-15)13-22(35)23-21(27)6-7-32-24(23)31/h6-11,16,19,30,33H,2-5,12-13H2,1H3,(H2,31,32)(H,37,38)/b20-14+,30-11?/t16-,19-.